The molecule has 6 nitrogen and oxygen atoms in total. The largest absolute Gasteiger partial charge is 0.396 e. The number of ether oxygens (including phenoxy) is 1. The molecule has 1 N–H and O–H groups in total. The summed E-state index contributed by atoms with van der Waals surface area (Å²) in [5, 5.41) is 9.25. The van der Waals surface area contributed by atoms with Crippen molar-refractivity contribution in [2.45, 2.75) is 86.0 Å². The van der Waals surface area contributed by atoms with Crippen LogP contribution in [0, 0.1) is 76.4 Å². The second-order valence-electron chi connectivity index (χ2n) is 14.2. The molecule has 12 unspecified atom stereocenters. The number of hydrogen-bond acceptors (Lipinski definition) is 6. The van der Waals surface area contributed by atoms with Gasteiger partial charge in [0.25, 0.3) is 0 Å². The molecule has 0 aromatic heterocycles. The molecule has 6 aliphatic carbocycles. The molecule has 0 aromatic carbocycles. The highest BCUT2D eigenvalue weighted by atomic mass is 16.6. The number of cyclic esters (lactones) is 2. The first kappa shape index (κ1) is 27.0. The van der Waals surface area contributed by atoms with Crippen molar-refractivity contribution in [1.29, 1.82) is 0 Å². The Morgan fingerprint density at radius 1 is 0.865 bits per heavy atom. The predicted octanol–water partition coefficient (Wildman–Crippen LogP) is 4.86. The zero-order valence-corrected chi connectivity index (χ0v) is 23.3. The van der Waals surface area contributed by atoms with Crippen molar-refractivity contribution in [3.63, 3.8) is 0 Å². The number of rotatable bonds is 7. The van der Waals surface area contributed by atoms with Gasteiger partial charge in [-0.05, 0) is 92.3 Å². The third-order valence-electron chi connectivity index (χ3n) is 11.5. The molecule has 6 heteroatoms. The summed E-state index contributed by atoms with van der Waals surface area (Å²) in [5.74, 6) is 1.35. The topological polar surface area (TPSA) is 97.7 Å². The van der Waals surface area contributed by atoms with Crippen LogP contribution in [0.4, 0.5) is 0 Å². The summed E-state index contributed by atoms with van der Waals surface area (Å²) >= 11 is 0. The van der Waals surface area contributed by atoms with E-state index >= 15 is 0 Å². The van der Waals surface area contributed by atoms with Gasteiger partial charge in [-0.1, -0.05) is 34.6 Å². The maximum absolute atomic E-state index is 13.7. The van der Waals surface area contributed by atoms with Gasteiger partial charge >= 0.3 is 11.9 Å². The van der Waals surface area contributed by atoms with Crippen LogP contribution in [-0.4, -0.2) is 35.2 Å². The minimum atomic E-state index is -0.431. The van der Waals surface area contributed by atoms with E-state index in [1.165, 1.54) is 0 Å². The number of aliphatic hydroxyl groups is 1. The minimum Gasteiger partial charge on any atom is -0.396 e. The number of ketones is 2. The summed E-state index contributed by atoms with van der Waals surface area (Å²) in [6.45, 7) is 10.3. The van der Waals surface area contributed by atoms with E-state index in [0.29, 0.717) is 48.1 Å². The Morgan fingerprint density at radius 3 is 2.05 bits per heavy atom. The second-order valence-corrected chi connectivity index (χ2v) is 14.2. The summed E-state index contributed by atoms with van der Waals surface area (Å²) in [5.41, 5.74) is -0.404. The van der Waals surface area contributed by atoms with E-state index in [-0.39, 0.29) is 48.1 Å². The Bertz CT molecular complexity index is 946. The molecule has 7 rings (SSSR count). The van der Waals surface area contributed by atoms with Gasteiger partial charge in [0.05, 0.1) is 11.8 Å². The second kappa shape index (κ2) is 9.88. The lowest BCUT2D eigenvalue weighted by atomic mass is 9.41. The lowest BCUT2D eigenvalue weighted by Gasteiger charge is -2.62. The summed E-state index contributed by atoms with van der Waals surface area (Å²) in [4.78, 5) is 52.4. The van der Waals surface area contributed by atoms with Crippen LogP contribution in [0.5, 0.6) is 0 Å². The fourth-order valence-electron chi connectivity index (χ4n) is 10.1. The van der Waals surface area contributed by atoms with Gasteiger partial charge in [0.2, 0.25) is 0 Å². The van der Waals surface area contributed by atoms with Crippen LogP contribution in [-0.2, 0) is 23.9 Å². The third kappa shape index (κ3) is 4.43. The normalized spacial score (nSPS) is 45.2. The van der Waals surface area contributed by atoms with E-state index in [2.05, 4.69) is 6.92 Å². The molecule has 1 heterocycles. The average molecular weight is 515 g/mol. The van der Waals surface area contributed by atoms with E-state index in [0.717, 1.165) is 38.5 Å². The van der Waals surface area contributed by atoms with Crippen molar-refractivity contribution < 1.29 is 29.0 Å². The summed E-state index contributed by atoms with van der Waals surface area (Å²) in [6.07, 6.45) is 6.90. The summed E-state index contributed by atoms with van der Waals surface area (Å²) in [7, 11) is 0. The lowest BCUT2D eigenvalue weighted by Crippen LogP contribution is -2.59. The number of carbonyl (C=O) groups excluding carboxylic acids is 4. The maximum atomic E-state index is 13.7. The number of hydrogen-bond donors (Lipinski definition) is 1. The third-order valence-corrected chi connectivity index (χ3v) is 11.5. The van der Waals surface area contributed by atoms with Crippen molar-refractivity contribution in [1.82, 2.24) is 0 Å². The van der Waals surface area contributed by atoms with Crippen LogP contribution in [0.25, 0.3) is 0 Å². The molecule has 0 aromatic rings. The monoisotopic (exact) mass is 514 g/mol. The standard InChI is InChI=1S/C31H46O6/c1-15-19-10-8-17(13-21(19)23(33)7-6-12-32)24(15)27-20-11-9-18(14-22(20)28(34)31(3,4)5)26(27)25-16(2)29(35)37-30(25)36/h15-22,24-27,32H,6-14H2,1-5H3. The minimum absolute atomic E-state index is 0.0121. The van der Waals surface area contributed by atoms with Crippen LogP contribution in [0.2, 0.25) is 0 Å². The molecule has 0 radical (unpaired) electrons. The summed E-state index contributed by atoms with van der Waals surface area (Å²) < 4.78 is 5.18. The number of carbonyl (C=O) groups is 4. The Balaban J connectivity index is 1.51. The molecule has 0 spiro atoms. The van der Waals surface area contributed by atoms with Crippen LogP contribution in [0.1, 0.15) is 86.0 Å². The number of fused-ring (bicyclic) bond motifs is 7. The van der Waals surface area contributed by atoms with E-state index in [4.69, 9.17) is 4.74 Å². The van der Waals surface area contributed by atoms with Gasteiger partial charge in [0, 0.05) is 30.3 Å². The Morgan fingerprint density at radius 2 is 1.49 bits per heavy atom. The zero-order chi connectivity index (χ0) is 26.8. The number of Topliss-reactive ketones (excluding diaryl/α,β-unsaturated/α-hetero) is 2. The van der Waals surface area contributed by atoms with Crippen LogP contribution >= 0.6 is 0 Å². The lowest BCUT2D eigenvalue weighted by molar-refractivity contribution is -0.170. The smallest absolute Gasteiger partial charge is 0.317 e. The highest BCUT2D eigenvalue weighted by molar-refractivity contribution is 5.96. The van der Waals surface area contributed by atoms with Gasteiger partial charge in [0.15, 0.2) is 0 Å². The summed E-state index contributed by atoms with van der Waals surface area (Å²) in [6, 6.07) is 0. The van der Waals surface area contributed by atoms with Crippen molar-refractivity contribution in [2.75, 3.05) is 6.61 Å². The van der Waals surface area contributed by atoms with Gasteiger partial charge < -0.3 is 9.84 Å². The first-order valence-corrected chi connectivity index (χ1v) is 14.9. The molecule has 37 heavy (non-hydrogen) atoms. The van der Waals surface area contributed by atoms with E-state index < -0.39 is 23.2 Å². The van der Waals surface area contributed by atoms with Gasteiger partial charge in [-0.3, -0.25) is 19.2 Å². The average Bonchev–Trinajstić information content (AvgIpc) is 3.12. The van der Waals surface area contributed by atoms with Gasteiger partial charge in [-0.15, -0.1) is 0 Å². The molecule has 7 fully saturated rings. The molecule has 206 valence electrons. The SMILES string of the molecule is CC1C(=O)OC(=O)C1C1C2CCC(C(C(=O)C(C)(C)C)C2)C1C1C2CCC(C(C(=O)CCCO)C2)C1C. The predicted molar refractivity (Wildman–Crippen MR) is 138 cm³/mol. The maximum Gasteiger partial charge on any atom is 0.317 e. The number of aliphatic hydroxyl groups excluding tert-OH is 1. The van der Waals surface area contributed by atoms with Gasteiger partial charge in [-0.2, -0.15) is 0 Å². The molecule has 0 amide bonds. The van der Waals surface area contributed by atoms with Crippen molar-refractivity contribution in [3.05, 3.63) is 0 Å². The Kier molecular flexibility index (Phi) is 7.21. The first-order valence-electron chi connectivity index (χ1n) is 14.9. The Hall–Kier alpha value is -1.56. The highest BCUT2D eigenvalue weighted by Crippen LogP contribution is 2.65. The first-order chi connectivity index (χ1) is 17.5. The fraction of sp³-hybridized carbons (Fsp3) is 0.871. The Labute approximate surface area is 221 Å². The molecule has 6 saturated carbocycles. The van der Waals surface area contributed by atoms with Crippen LogP contribution in [0.15, 0.2) is 0 Å². The molecule has 1 aliphatic heterocycles. The molecular formula is C31H46O6. The highest BCUT2D eigenvalue weighted by Gasteiger charge is 2.63. The molecular weight excluding hydrogens is 468 g/mol. The zero-order valence-electron chi connectivity index (χ0n) is 23.3. The van der Waals surface area contributed by atoms with Crippen molar-refractivity contribution in [3.8, 4) is 0 Å². The van der Waals surface area contributed by atoms with Crippen molar-refractivity contribution >= 4 is 23.5 Å². The molecule has 12 atom stereocenters. The van der Waals surface area contributed by atoms with Crippen LogP contribution < -0.4 is 0 Å². The number of esters is 2. The van der Waals surface area contributed by atoms with E-state index in [1.807, 2.05) is 27.7 Å². The van der Waals surface area contributed by atoms with E-state index in [1.54, 1.807) is 0 Å². The van der Waals surface area contributed by atoms with E-state index in [9.17, 15) is 24.3 Å². The molecule has 1 saturated heterocycles. The quantitative estimate of drug-likeness (QED) is 0.385. The molecule has 4 bridgehead atoms. The fourth-order valence-corrected chi connectivity index (χ4v) is 10.1. The van der Waals surface area contributed by atoms with Gasteiger partial charge in [0.1, 0.15) is 11.6 Å². The molecule has 7 aliphatic rings. The van der Waals surface area contributed by atoms with Crippen LogP contribution in [0.3, 0.4) is 0 Å². The van der Waals surface area contributed by atoms with Crippen molar-refractivity contribution in [2.24, 2.45) is 76.4 Å². The van der Waals surface area contributed by atoms with Gasteiger partial charge in [-0.25, -0.2) is 0 Å².